The number of amides is 2. The van der Waals surface area contributed by atoms with Crippen molar-refractivity contribution < 1.29 is 23.9 Å². The van der Waals surface area contributed by atoms with Crippen LogP contribution in [0.3, 0.4) is 0 Å². The molecule has 0 aliphatic heterocycles. The summed E-state index contributed by atoms with van der Waals surface area (Å²) in [4.78, 5) is 56.8. The van der Waals surface area contributed by atoms with Gasteiger partial charge in [0.05, 0.1) is 6.04 Å². The summed E-state index contributed by atoms with van der Waals surface area (Å²) >= 11 is 1.24. The number of thiazole rings is 1. The Hall–Kier alpha value is -3.11. The number of rotatable bonds is 16. The third kappa shape index (κ3) is 10.3. The quantitative estimate of drug-likeness (QED) is 0.261. The predicted octanol–water partition coefficient (Wildman–Crippen LogP) is 4.95. The number of carbonyl (C=O) groups is 4. The fourth-order valence-corrected chi connectivity index (χ4v) is 5.72. The molecule has 0 aliphatic carbocycles. The molecular weight excluding hydrogens is 552 g/mol. The van der Waals surface area contributed by atoms with Crippen LogP contribution in [0, 0.1) is 17.8 Å². The molecule has 0 fully saturated rings. The number of hydrogen-bond acceptors (Lipinski definition) is 8. The SMILES string of the molecule is CC[C@H](C)[C@H](N)C(=O)N(C)[C@H](C[C@@H](OC(C)=O)c1nc(C(=O)N[C@@H](Cc2ccccc2)C[C@H](C)C(C)=O)cs1)C(C)C. The Labute approximate surface area is 254 Å². The molecule has 0 saturated heterocycles. The fourth-order valence-electron chi connectivity index (χ4n) is 4.88. The first-order chi connectivity index (χ1) is 19.7. The van der Waals surface area contributed by atoms with Gasteiger partial charge in [0.1, 0.15) is 16.5 Å². The Morgan fingerprint density at radius 3 is 2.24 bits per heavy atom. The Balaban J connectivity index is 2.26. The highest BCUT2D eigenvalue weighted by atomic mass is 32.1. The second kappa shape index (κ2) is 16.5. The molecule has 1 heterocycles. The maximum absolute atomic E-state index is 13.3. The molecule has 1 aromatic carbocycles. The highest BCUT2D eigenvalue weighted by Crippen LogP contribution is 2.31. The molecule has 2 amide bonds. The van der Waals surface area contributed by atoms with Gasteiger partial charge in [-0.15, -0.1) is 11.3 Å². The lowest BCUT2D eigenvalue weighted by Gasteiger charge is -2.35. The summed E-state index contributed by atoms with van der Waals surface area (Å²) in [7, 11) is 1.73. The van der Waals surface area contributed by atoms with Crippen molar-refractivity contribution in [1.82, 2.24) is 15.2 Å². The van der Waals surface area contributed by atoms with E-state index < -0.39 is 18.1 Å². The minimum Gasteiger partial charge on any atom is -0.455 e. The molecule has 2 aromatic rings. The highest BCUT2D eigenvalue weighted by Gasteiger charge is 2.33. The lowest BCUT2D eigenvalue weighted by molar-refractivity contribution is -0.148. The van der Waals surface area contributed by atoms with Crippen molar-refractivity contribution >= 4 is 34.9 Å². The van der Waals surface area contributed by atoms with E-state index in [4.69, 9.17) is 10.5 Å². The number of hydrogen-bond donors (Lipinski definition) is 2. The molecule has 0 unspecified atom stereocenters. The van der Waals surface area contributed by atoms with E-state index in [-0.39, 0.29) is 53.1 Å². The smallest absolute Gasteiger partial charge is 0.303 e. The molecule has 0 aliphatic rings. The Morgan fingerprint density at radius 1 is 1.05 bits per heavy atom. The highest BCUT2D eigenvalue weighted by molar-refractivity contribution is 7.09. The molecule has 0 spiro atoms. The summed E-state index contributed by atoms with van der Waals surface area (Å²) in [5.74, 6) is -1.06. The Morgan fingerprint density at radius 2 is 1.69 bits per heavy atom. The van der Waals surface area contributed by atoms with Gasteiger partial charge >= 0.3 is 5.97 Å². The van der Waals surface area contributed by atoms with Gasteiger partial charge in [-0.05, 0) is 37.2 Å². The van der Waals surface area contributed by atoms with E-state index in [9.17, 15) is 19.2 Å². The van der Waals surface area contributed by atoms with E-state index in [1.807, 2.05) is 65.0 Å². The van der Waals surface area contributed by atoms with Gasteiger partial charge < -0.3 is 20.7 Å². The molecule has 232 valence electrons. The first kappa shape index (κ1) is 35.1. The summed E-state index contributed by atoms with van der Waals surface area (Å²) in [6, 6.07) is 8.63. The maximum Gasteiger partial charge on any atom is 0.303 e. The summed E-state index contributed by atoms with van der Waals surface area (Å²) in [5, 5.41) is 5.18. The van der Waals surface area contributed by atoms with Crippen LogP contribution in [0.5, 0.6) is 0 Å². The van der Waals surface area contributed by atoms with Crippen LogP contribution in [0.1, 0.15) is 94.9 Å². The average Bonchev–Trinajstić information content (AvgIpc) is 3.44. The molecule has 2 rings (SSSR count). The van der Waals surface area contributed by atoms with Crippen LogP contribution in [0.4, 0.5) is 0 Å². The van der Waals surface area contributed by atoms with Gasteiger partial charge in [-0.3, -0.25) is 19.2 Å². The number of nitrogens with two attached hydrogens (primary N) is 1. The zero-order chi connectivity index (χ0) is 31.6. The average molecular weight is 601 g/mol. The normalized spacial score (nSPS) is 15.7. The number of nitrogens with one attached hydrogen (secondary N) is 1. The van der Waals surface area contributed by atoms with Gasteiger partial charge in [-0.25, -0.2) is 4.98 Å². The van der Waals surface area contributed by atoms with Crippen LogP contribution >= 0.6 is 11.3 Å². The number of ether oxygens (including phenoxy) is 1. The second-order valence-corrected chi connectivity index (χ2v) is 12.6. The largest absolute Gasteiger partial charge is 0.455 e. The number of benzene rings is 1. The van der Waals surface area contributed by atoms with Crippen molar-refractivity contribution in [3.05, 3.63) is 52.0 Å². The predicted molar refractivity (Wildman–Crippen MR) is 166 cm³/mol. The standard InChI is InChI=1S/C32H48N4O5S/c1-9-20(4)29(33)32(40)36(8)27(19(2)3)17-28(41-23(7)38)31-35-26(18-42-31)30(39)34-25(15-21(5)22(6)37)16-24-13-11-10-12-14-24/h10-14,18-21,25,27-29H,9,15-17,33H2,1-8H3,(H,34,39)/t20-,21-,25+,27+,28+,29-/m0/s1. The van der Waals surface area contributed by atoms with Crippen molar-refractivity contribution in [1.29, 1.82) is 0 Å². The van der Waals surface area contributed by atoms with Gasteiger partial charge in [-0.2, -0.15) is 0 Å². The number of likely N-dealkylation sites (N-methyl/N-ethyl adjacent to an activating group) is 1. The summed E-state index contributed by atoms with van der Waals surface area (Å²) in [6.45, 7) is 12.7. The zero-order valence-electron chi connectivity index (χ0n) is 26.3. The van der Waals surface area contributed by atoms with Crippen LogP contribution in [0.2, 0.25) is 0 Å². The molecule has 0 saturated carbocycles. The summed E-state index contributed by atoms with van der Waals surface area (Å²) < 4.78 is 5.68. The van der Waals surface area contributed by atoms with Crippen molar-refractivity contribution in [2.45, 2.75) is 98.4 Å². The van der Waals surface area contributed by atoms with E-state index in [0.717, 1.165) is 12.0 Å². The van der Waals surface area contributed by atoms with Gasteiger partial charge in [0.15, 0.2) is 6.10 Å². The van der Waals surface area contributed by atoms with Crippen LogP contribution in [-0.2, 0) is 25.5 Å². The number of Topliss-reactive ketones (excluding diaryl/α,β-unsaturated/α-hetero) is 1. The van der Waals surface area contributed by atoms with E-state index in [2.05, 4.69) is 10.3 Å². The molecule has 10 heteroatoms. The van der Waals surface area contributed by atoms with Crippen molar-refractivity contribution in [3.8, 4) is 0 Å². The van der Waals surface area contributed by atoms with Crippen molar-refractivity contribution in [2.75, 3.05) is 7.05 Å². The number of aromatic nitrogens is 1. The Kier molecular flexibility index (Phi) is 13.8. The molecule has 42 heavy (non-hydrogen) atoms. The van der Waals surface area contributed by atoms with E-state index in [1.54, 1.807) is 24.3 Å². The first-order valence-corrected chi connectivity index (χ1v) is 15.6. The Bertz CT molecular complexity index is 1180. The van der Waals surface area contributed by atoms with Crippen molar-refractivity contribution in [2.24, 2.45) is 23.5 Å². The van der Waals surface area contributed by atoms with Gasteiger partial charge in [0.2, 0.25) is 5.91 Å². The third-order valence-corrected chi connectivity index (χ3v) is 8.88. The molecule has 9 nitrogen and oxygen atoms in total. The molecule has 0 radical (unpaired) electrons. The van der Waals surface area contributed by atoms with Crippen LogP contribution in [0.15, 0.2) is 35.7 Å². The molecule has 1 aromatic heterocycles. The summed E-state index contributed by atoms with van der Waals surface area (Å²) in [6.07, 6.45) is 1.43. The molecule has 3 N–H and O–H groups in total. The molecule has 6 atom stereocenters. The van der Waals surface area contributed by atoms with Crippen molar-refractivity contribution in [3.63, 3.8) is 0 Å². The molecular formula is C32H48N4O5S. The first-order valence-electron chi connectivity index (χ1n) is 14.7. The minimum absolute atomic E-state index is 0.0289. The number of esters is 1. The van der Waals surface area contributed by atoms with Gasteiger partial charge in [-0.1, -0.05) is 71.4 Å². The van der Waals surface area contributed by atoms with Gasteiger partial charge in [0.25, 0.3) is 5.91 Å². The minimum atomic E-state index is -0.741. The van der Waals surface area contributed by atoms with Gasteiger partial charge in [0, 0.05) is 43.8 Å². The maximum atomic E-state index is 13.3. The zero-order valence-corrected chi connectivity index (χ0v) is 27.1. The second-order valence-electron chi connectivity index (χ2n) is 11.7. The molecule has 0 bridgehead atoms. The fraction of sp³-hybridized carbons (Fsp3) is 0.594. The topological polar surface area (TPSA) is 132 Å². The lowest BCUT2D eigenvalue weighted by Crippen LogP contribution is -2.51. The lowest BCUT2D eigenvalue weighted by atomic mass is 9.93. The number of carbonyl (C=O) groups excluding carboxylic acids is 4. The van der Waals surface area contributed by atoms with E-state index >= 15 is 0 Å². The third-order valence-electron chi connectivity index (χ3n) is 7.94. The van der Waals surface area contributed by atoms with Crippen LogP contribution in [0.25, 0.3) is 0 Å². The van der Waals surface area contributed by atoms with Crippen LogP contribution in [-0.4, -0.2) is 58.6 Å². The number of nitrogens with zero attached hydrogens (tertiary/aromatic N) is 2. The summed E-state index contributed by atoms with van der Waals surface area (Å²) in [5.41, 5.74) is 7.52. The van der Waals surface area contributed by atoms with E-state index in [1.165, 1.54) is 18.3 Å². The van der Waals surface area contributed by atoms with Crippen LogP contribution < -0.4 is 11.1 Å². The van der Waals surface area contributed by atoms with E-state index in [0.29, 0.717) is 24.3 Å². The monoisotopic (exact) mass is 600 g/mol. The number of ketones is 1.